The highest BCUT2D eigenvalue weighted by atomic mass is 16.5. The summed E-state index contributed by atoms with van der Waals surface area (Å²) in [7, 11) is 3.10. The van der Waals surface area contributed by atoms with Crippen molar-refractivity contribution in [1.82, 2.24) is 4.90 Å². The number of nitrogens with one attached hydrogen (secondary N) is 1. The first-order valence-corrected chi connectivity index (χ1v) is 10.8. The molecule has 4 atom stereocenters. The minimum absolute atomic E-state index is 0.0137. The first-order chi connectivity index (χ1) is 15.5. The number of nitrogens with zero attached hydrogens (tertiary/aromatic N) is 1. The van der Waals surface area contributed by atoms with Crippen LogP contribution < -0.4 is 14.8 Å². The number of anilines is 1. The Bertz CT molecular complexity index is 1070. The predicted octanol–water partition coefficient (Wildman–Crippen LogP) is 2.67. The molecule has 3 heterocycles. The molecule has 0 aliphatic carbocycles. The molecule has 3 aliphatic rings. The Morgan fingerprint density at radius 3 is 2.69 bits per heavy atom. The smallest absolute Gasteiger partial charge is 0.231 e. The molecule has 0 saturated carbocycles. The van der Waals surface area contributed by atoms with E-state index in [4.69, 9.17) is 14.2 Å². The predicted molar refractivity (Wildman–Crippen MR) is 119 cm³/mol. The quantitative estimate of drug-likeness (QED) is 0.678. The summed E-state index contributed by atoms with van der Waals surface area (Å²) in [5.74, 6) is -0.210. The first-order valence-electron chi connectivity index (χ1n) is 10.8. The van der Waals surface area contributed by atoms with Crippen molar-refractivity contribution >= 4 is 17.5 Å². The molecule has 32 heavy (non-hydrogen) atoms. The van der Waals surface area contributed by atoms with Gasteiger partial charge in [-0.3, -0.25) is 9.59 Å². The number of ether oxygens (including phenoxy) is 3. The largest absolute Gasteiger partial charge is 0.493 e. The van der Waals surface area contributed by atoms with Crippen molar-refractivity contribution in [3.8, 4) is 11.5 Å². The summed E-state index contributed by atoms with van der Waals surface area (Å²) in [6.07, 6.45) is 4.28. The summed E-state index contributed by atoms with van der Waals surface area (Å²) >= 11 is 0. The van der Waals surface area contributed by atoms with Gasteiger partial charge in [-0.2, -0.15) is 0 Å². The molecule has 2 aromatic carbocycles. The van der Waals surface area contributed by atoms with Crippen molar-refractivity contribution in [3.05, 3.63) is 66.2 Å². The summed E-state index contributed by atoms with van der Waals surface area (Å²) in [5.41, 5.74) is 1.05. The second-order valence-electron chi connectivity index (χ2n) is 8.45. The molecule has 1 spiro atoms. The van der Waals surface area contributed by atoms with Gasteiger partial charge in [-0.25, -0.2) is 0 Å². The van der Waals surface area contributed by atoms with Crippen molar-refractivity contribution in [2.75, 3.05) is 32.6 Å². The van der Waals surface area contributed by atoms with E-state index in [1.165, 1.54) is 5.56 Å². The Hall–Kier alpha value is -3.32. The lowest BCUT2D eigenvalue weighted by Crippen LogP contribution is -2.41. The molecule has 2 bridgehead atoms. The van der Waals surface area contributed by atoms with E-state index < -0.39 is 17.4 Å². The number of fused-ring (bicyclic) bond motifs is 1. The molecule has 0 aromatic heterocycles. The highest BCUT2D eigenvalue weighted by Crippen LogP contribution is 2.52. The van der Waals surface area contributed by atoms with E-state index in [-0.39, 0.29) is 17.9 Å². The minimum atomic E-state index is -0.710. The maximum atomic E-state index is 13.3. The van der Waals surface area contributed by atoms with Gasteiger partial charge in [0, 0.05) is 18.3 Å². The lowest BCUT2D eigenvalue weighted by Gasteiger charge is -2.23. The fourth-order valence-corrected chi connectivity index (χ4v) is 5.12. The van der Waals surface area contributed by atoms with Crippen LogP contribution in [0.3, 0.4) is 0 Å². The van der Waals surface area contributed by atoms with Gasteiger partial charge in [0.1, 0.15) is 5.60 Å². The van der Waals surface area contributed by atoms with Crippen LogP contribution in [0.1, 0.15) is 5.56 Å². The number of carbonyl (C=O) groups excluding carboxylic acids is 2. The van der Waals surface area contributed by atoms with Crippen molar-refractivity contribution in [2.45, 2.75) is 18.1 Å². The Kier molecular flexibility index (Phi) is 5.13. The summed E-state index contributed by atoms with van der Waals surface area (Å²) in [4.78, 5) is 28.4. The van der Waals surface area contributed by atoms with Crippen molar-refractivity contribution < 1.29 is 23.8 Å². The zero-order valence-corrected chi connectivity index (χ0v) is 18.1. The second-order valence-corrected chi connectivity index (χ2v) is 8.45. The molecule has 2 aromatic rings. The SMILES string of the molecule is COc1ccc(NC(=O)[C@@H]2[C@H]3C(=O)N(CCc4ccccc4)C[C@@]34C=C[C@H]2O4)cc1OC. The lowest BCUT2D eigenvalue weighted by molar-refractivity contribution is -0.135. The summed E-state index contributed by atoms with van der Waals surface area (Å²) < 4.78 is 16.8. The van der Waals surface area contributed by atoms with Crippen LogP contribution >= 0.6 is 0 Å². The Labute approximate surface area is 186 Å². The van der Waals surface area contributed by atoms with E-state index in [2.05, 4.69) is 17.4 Å². The third-order valence-electron chi connectivity index (χ3n) is 6.65. The van der Waals surface area contributed by atoms with Gasteiger partial charge >= 0.3 is 0 Å². The van der Waals surface area contributed by atoms with Gasteiger partial charge in [0.2, 0.25) is 11.8 Å². The number of carbonyl (C=O) groups is 2. The number of amides is 2. The maximum Gasteiger partial charge on any atom is 0.231 e. The average Bonchev–Trinajstić information content (AvgIpc) is 3.46. The molecule has 2 amide bonds. The third kappa shape index (κ3) is 3.33. The number of methoxy groups -OCH3 is 2. The molecule has 166 valence electrons. The van der Waals surface area contributed by atoms with Crippen LogP contribution in [0.2, 0.25) is 0 Å². The summed E-state index contributed by atoms with van der Waals surface area (Å²) in [5, 5.41) is 2.94. The van der Waals surface area contributed by atoms with Crippen LogP contribution in [-0.2, 0) is 20.7 Å². The van der Waals surface area contributed by atoms with Crippen molar-refractivity contribution in [1.29, 1.82) is 0 Å². The summed E-state index contributed by atoms with van der Waals surface area (Å²) in [6.45, 7) is 1.09. The molecule has 2 fully saturated rings. The highest BCUT2D eigenvalue weighted by molar-refractivity contribution is 5.99. The fraction of sp³-hybridized carbons (Fsp3) is 0.360. The van der Waals surface area contributed by atoms with E-state index in [1.807, 2.05) is 35.3 Å². The van der Waals surface area contributed by atoms with E-state index >= 15 is 0 Å². The fourth-order valence-electron chi connectivity index (χ4n) is 5.12. The van der Waals surface area contributed by atoms with E-state index in [0.29, 0.717) is 30.3 Å². The van der Waals surface area contributed by atoms with Crippen LogP contribution in [-0.4, -0.2) is 55.7 Å². The van der Waals surface area contributed by atoms with Gasteiger partial charge in [-0.15, -0.1) is 0 Å². The highest BCUT2D eigenvalue weighted by Gasteiger charge is 2.66. The van der Waals surface area contributed by atoms with E-state index in [9.17, 15) is 9.59 Å². The second kappa shape index (κ2) is 7.98. The van der Waals surface area contributed by atoms with Crippen LogP contribution in [0.15, 0.2) is 60.7 Å². The van der Waals surface area contributed by atoms with Gasteiger partial charge in [0.15, 0.2) is 11.5 Å². The standard InChI is InChI=1S/C25H26N2O5/c1-30-18-9-8-17(14-20(18)31-2)26-23(28)21-19-10-12-25(32-19)15-27(24(29)22(21)25)13-11-16-6-4-3-5-7-16/h3-10,12,14,19,21-22H,11,13,15H2,1-2H3,(H,26,28)/t19-,21+,22+,25+/m1/s1. The molecule has 5 rings (SSSR count). The Morgan fingerprint density at radius 2 is 1.94 bits per heavy atom. The topological polar surface area (TPSA) is 77.1 Å². The molecule has 2 saturated heterocycles. The monoisotopic (exact) mass is 434 g/mol. The first kappa shape index (κ1) is 20.6. The summed E-state index contributed by atoms with van der Waals surface area (Å²) in [6, 6.07) is 15.3. The molecule has 1 N–H and O–H groups in total. The van der Waals surface area contributed by atoms with Gasteiger partial charge in [0.25, 0.3) is 0 Å². The third-order valence-corrected chi connectivity index (χ3v) is 6.65. The van der Waals surface area contributed by atoms with Gasteiger partial charge in [-0.05, 0) is 24.1 Å². The van der Waals surface area contributed by atoms with Crippen LogP contribution in [0.25, 0.3) is 0 Å². The molecule has 7 nitrogen and oxygen atoms in total. The average molecular weight is 434 g/mol. The van der Waals surface area contributed by atoms with Crippen LogP contribution in [0.4, 0.5) is 5.69 Å². The van der Waals surface area contributed by atoms with Crippen LogP contribution in [0.5, 0.6) is 11.5 Å². The molecule has 0 radical (unpaired) electrons. The molecule has 0 unspecified atom stereocenters. The normalized spacial score (nSPS) is 27.5. The molecule has 7 heteroatoms. The van der Waals surface area contributed by atoms with Gasteiger partial charge in [-0.1, -0.05) is 42.5 Å². The van der Waals surface area contributed by atoms with Gasteiger partial charge < -0.3 is 24.4 Å². The maximum absolute atomic E-state index is 13.3. The minimum Gasteiger partial charge on any atom is -0.493 e. The van der Waals surface area contributed by atoms with Crippen LogP contribution in [0, 0.1) is 11.8 Å². The van der Waals surface area contributed by atoms with E-state index in [0.717, 1.165) is 6.42 Å². The Morgan fingerprint density at radius 1 is 1.16 bits per heavy atom. The zero-order valence-electron chi connectivity index (χ0n) is 18.1. The molecular weight excluding hydrogens is 408 g/mol. The zero-order chi connectivity index (χ0) is 22.3. The van der Waals surface area contributed by atoms with E-state index in [1.54, 1.807) is 32.4 Å². The number of benzene rings is 2. The Balaban J connectivity index is 1.32. The van der Waals surface area contributed by atoms with Crippen molar-refractivity contribution in [2.24, 2.45) is 11.8 Å². The van der Waals surface area contributed by atoms with Gasteiger partial charge in [0.05, 0.1) is 38.7 Å². The number of hydrogen-bond acceptors (Lipinski definition) is 5. The molecular formula is C25H26N2O5. The number of likely N-dealkylation sites (tertiary alicyclic amines) is 1. The number of rotatable bonds is 7. The van der Waals surface area contributed by atoms with Crippen molar-refractivity contribution in [3.63, 3.8) is 0 Å². The molecule has 3 aliphatic heterocycles. The number of hydrogen-bond donors (Lipinski definition) is 1. The lowest BCUT2D eigenvalue weighted by atomic mass is 9.77.